The number of benzene rings is 1. The normalized spacial score (nSPS) is 20.0. The Morgan fingerprint density at radius 3 is 3.06 bits per heavy atom. The fraction of sp³-hybridized carbons (Fsp3) is 0.364. The molecule has 0 spiro atoms. The second kappa shape index (κ2) is 4.74. The number of nitrogens with one attached hydrogen (secondary N) is 1. The topological polar surface area (TPSA) is 32.3 Å². The van der Waals surface area contributed by atoms with Crippen LogP contribution in [0.2, 0.25) is 0 Å². The number of rotatable bonds is 3. The first-order chi connectivity index (χ1) is 7.70. The van der Waals surface area contributed by atoms with Crippen molar-refractivity contribution in [2.45, 2.75) is 6.04 Å². The summed E-state index contributed by atoms with van der Waals surface area (Å²) in [4.78, 5) is 13.2. The van der Waals surface area contributed by atoms with Gasteiger partial charge in [0.05, 0.1) is 6.04 Å². The van der Waals surface area contributed by atoms with E-state index in [0.717, 1.165) is 5.56 Å². The van der Waals surface area contributed by atoms with E-state index in [0.29, 0.717) is 18.8 Å². The highest BCUT2D eigenvalue weighted by molar-refractivity contribution is 7.80. The van der Waals surface area contributed by atoms with E-state index >= 15 is 0 Å². The molecule has 16 heavy (non-hydrogen) atoms. The van der Waals surface area contributed by atoms with Crippen molar-refractivity contribution in [3.05, 3.63) is 35.6 Å². The highest BCUT2D eigenvalue weighted by Crippen LogP contribution is 2.20. The Balaban J connectivity index is 2.10. The molecular formula is C11H13FN2OS. The van der Waals surface area contributed by atoms with Crippen LogP contribution in [0.1, 0.15) is 11.6 Å². The molecule has 1 aliphatic rings. The minimum atomic E-state index is -0.278. The zero-order chi connectivity index (χ0) is 11.5. The molecule has 0 bridgehead atoms. The first-order valence-electron chi connectivity index (χ1n) is 5.12. The summed E-state index contributed by atoms with van der Waals surface area (Å²) < 4.78 is 13.0. The maximum Gasteiger partial charge on any atom is 0.318 e. The molecule has 3 nitrogen and oxygen atoms in total. The van der Waals surface area contributed by atoms with Crippen molar-refractivity contribution in [2.75, 3.05) is 18.8 Å². The minimum Gasteiger partial charge on any atom is -0.329 e. The predicted octanol–water partition coefficient (Wildman–Crippen LogP) is 1.82. The van der Waals surface area contributed by atoms with Crippen LogP contribution in [0, 0.1) is 5.82 Å². The van der Waals surface area contributed by atoms with Gasteiger partial charge in [0, 0.05) is 18.8 Å². The van der Waals surface area contributed by atoms with Gasteiger partial charge in [-0.05, 0) is 17.7 Å². The fourth-order valence-electron chi connectivity index (χ4n) is 1.81. The van der Waals surface area contributed by atoms with Crippen molar-refractivity contribution in [2.24, 2.45) is 0 Å². The number of hydrogen-bond acceptors (Lipinski definition) is 2. The third-order valence-electron chi connectivity index (χ3n) is 2.61. The minimum absolute atomic E-state index is 0.108. The average Bonchev–Trinajstić information content (AvgIpc) is 2.61. The number of halogens is 1. The van der Waals surface area contributed by atoms with Crippen LogP contribution in [-0.4, -0.2) is 29.8 Å². The molecule has 0 radical (unpaired) electrons. The largest absolute Gasteiger partial charge is 0.329 e. The Morgan fingerprint density at radius 2 is 2.38 bits per heavy atom. The lowest BCUT2D eigenvalue weighted by Gasteiger charge is -2.12. The van der Waals surface area contributed by atoms with E-state index in [-0.39, 0.29) is 17.9 Å². The molecule has 1 saturated heterocycles. The molecule has 2 amide bonds. The maximum absolute atomic E-state index is 13.0. The van der Waals surface area contributed by atoms with Crippen LogP contribution in [0.3, 0.4) is 0 Å². The molecule has 0 saturated carbocycles. The van der Waals surface area contributed by atoms with Gasteiger partial charge in [-0.3, -0.25) is 0 Å². The van der Waals surface area contributed by atoms with Gasteiger partial charge in [0.25, 0.3) is 0 Å². The monoisotopic (exact) mass is 240 g/mol. The van der Waals surface area contributed by atoms with Gasteiger partial charge in [-0.2, -0.15) is 12.6 Å². The number of carbonyl (C=O) groups is 1. The van der Waals surface area contributed by atoms with Gasteiger partial charge in [0.2, 0.25) is 0 Å². The van der Waals surface area contributed by atoms with Gasteiger partial charge in [0.15, 0.2) is 0 Å². The number of thiol groups is 1. The van der Waals surface area contributed by atoms with Gasteiger partial charge >= 0.3 is 6.03 Å². The third-order valence-corrected chi connectivity index (χ3v) is 2.81. The Kier molecular flexibility index (Phi) is 3.33. The van der Waals surface area contributed by atoms with Crippen LogP contribution < -0.4 is 5.32 Å². The fourth-order valence-corrected chi connectivity index (χ4v) is 2.06. The van der Waals surface area contributed by atoms with E-state index in [2.05, 4.69) is 17.9 Å². The predicted molar refractivity (Wildman–Crippen MR) is 63.1 cm³/mol. The van der Waals surface area contributed by atoms with Crippen molar-refractivity contribution in [3.8, 4) is 0 Å². The van der Waals surface area contributed by atoms with Crippen molar-refractivity contribution < 1.29 is 9.18 Å². The standard InChI is InChI=1S/C11H13FN2OS/c12-9-3-1-2-8(6-9)10-7-14(4-5-16)11(15)13-10/h1-3,6,10,16H,4-5,7H2,(H,13,15). The summed E-state index contributed by atoms with van der Waals surface area (Å²) in [5.41, 5.74) is 0.801. The van der Waals surface area contributed by atoms with Gasteiger partial charge in [0.1, 0.15) is 5.82 Å². The van der Waals surface area contributed by atoms with E-state index in [4.69, 9.17) is 0 Å². The van der Waals surface area contributed by atoms with Gasteiger partial charge in [-0.25, -0.2) is 9.18 Å². The Labute approximate surface area is 99.0 Å². The van der Waals surface area contributed by atoms with E-state index in [1.165, 1.54) is 12.1 Å². The van der Waals surface area contributed by atoms with Crippen molar-refractivity contribution in [3.63, 3.8) is 0 Å². The van der Waals surface area contributed by atoms with Crippen molar-refractivity contribution in [1.82, 2.24) is 10.2 Å². The molecule has 1 aromatic rings. The molecule has 86 valence electrons. The molecule has 1 heterocycles. The number of nitrogens with zero attached hydrogens (tertiary/aromatic N) is 1. The van der Waals surface area contributed by atoms with E-state index in [1.54, 1.807) is 11.0 Å². The second-order valence-electron chi connectivity index (χ2n) is 3.73. The van der Waals surface area contributed by atoms with E-state index in [1.807, 2.05) is 6.07 Å². The van der Waals surface area contributed by atoms with Crippen LogP contribution in [0.25, 0.3) is 0 Å². The second-order valence-corrected chi connectivity index (χ2v) is 4.17. The van der Waals surface area contributed by atoms with Crippen LogP contribution in [0.4, 0.5) is 9.18 Å². The lowest BCUT2D eigenvalue weighted by molar-refractivity contribution is 0.220. The zero-order valence-electron chi connectivity index (χ0n) is 8.69. The molecule has 5 heteroatoms. The molecule has 1 unspecified atom stereocenters. The van der Waals surface area contributed by atoms with Crippen LogP contribution in [0.15, 0.2) is 24.3 Å². The molecule has 1 N–H and O–H groups in total. The SMILES string of the molecule is O=C1NC(c2cccc(F)c2)CN1CCS. The van der Waals surface area contributed by atoms with Gasteiger partial charge < -0.3 is 10.2 Å². The first-order valence-corrected chi connectivity index (χ1v) is 5.75. The Morgan fingerprint density at radius 1 is 1.56 bits per heavy atom. The zero-order valence-corrected chi connectivity index (χ0v) is 9.58. The molecular weight excluding hydrogens is 227 g/mol. The average molecular weight is 240 g/mol. The summed E-state index contributed by atoms with van der Waals surface area (Å²) in [7, 11) is 0. The molecule has 0 aromatic heterocycles. The summed E-state index contributed by atoms with van der Waals surface area (Å²) in [5, 5.41) is 2.82. The lowest BCUT2D eigenvalue weighted by Crippen LogP contribution is -2.29. The number of hydrogen-bond donors (Lipinski definition) is 2. The highest BCUT2D eigenvalue weighted by atomic mass is 32.1. The highest BCUT2D eigenvalue weighted by Gasteiger charge is 2.28. The molecule has 0 aliphatic carbocycles. The van der Waals surface area contributed by atoms with E-state index < -0.39 is 0 Å². The third kappa shape index (κ3) is 2.29. The number of urea groups is 1. The summed E-state index contributed by atoms with van der Waals surface area (Å²) in [5.74, 6) is 0.350. The lowest BCUT2D eigenvalue weighted by atomic mass is 10.1. The van der Waals surface area contributed by atoms with Crippen molar-refractivity contribution in [1.29, 1.82) is 0 Å². The maximum atomic E-state index is 13.0. The molecule has 1 aromatic carbocycles. The quantitative estimate of drug-likeness (QED) is 0.776. The molecule has 1 aliphatic heterocycles. The van der Waals surface area contributed by atoms with Crippen LogP contribution >= 0.6 is 12.6 Å². The summed E-state index contributed by atoms with van der Waals surface area (Å²) in [6.45, 7) is 1.18. The summed E-state index contributed by atoms with van der Waals surface area (Å²) in [6, 6.07) is 6.09. The molecule has 2 rings (SSSR count). The number of carbonyl (C=O) groups excluding carboxylic acids is 1. The van der Waals surface area contributed by atoms with E-state index in [9.17, 15) is 9.18 Å². The number of amides is 2. The first kappa shape index (κ1) is 11.3. The Bertz CT molecular complexity index is 399. The summed E-state index contributed by atoms with van der Waals surface area (Å²) >= 11 is 4.09. The summed E-state index contributed by atoms with van der Waals surface area (Å²) in [6.07, 6.45) is 0. The van der Waals surface area contributed by atoms with Gasteiger partial charge in [-0.15, -0.1) is 0 Å². The van der Waals surface area contributed by atoms with Crippen LogP contribution in [-0.2, 0) is 0 Å². The smallest absolute Gasteiger partial charge is 0.318 e. The Hall–Kier alpha value is -1.23. The molecule has 1 fully saturated rings. The molecule has 1 atom stereocenters. The van der Waals surface area contributed by atoms with Crippen molar-refractivity contribution >= 4 is 18.7 Å². The van der Waals surface area contributed by atoms with Crippen LogP contribution in [0.5, 0.6) is 0 Å². The van der Waals surface area contributed by atoms with Gasteiger partial charge in [-0.1, -0.05) is 12.1 Å².